The van der Waals surface area contributed by atoms with Crippen LogP contribution < -0.4 is 14.8 Å². The number of benzene rings is 2. The fourth-order valence-electron chi connectivity index (χ4n) is 3.86. The standard InChI is InChI=1S/C27H31N3O2S.2C2H6/c1-5-18(3)12-14-21-24(6-2)33-27-25(21)26(28-17-29-27)30-19-13-15-22(23(16-19)31-4)32-20-10-8-7-9-11-20;2*1-2/h7-11,13,15-18H,5-6,12,14H2,1-4H3,(H,28,29,30);2*1-2H3. The molecule has 4 aromatic rings. The number of thiophene rings is 1. The number of methoxy groups -OCH3 is 1. The first kappa shape index (κ1) is 30.1. The lowest BCUT2D eigenvalue weighted by atomic mass is 9.97. The summed E-state index contributed by atoms with van der Waals surface area (Å²) in [6, 6.07) is 15.5. The van der Waals surface area contributed by atoms with Crippen LogP contribution in [0, 0.1) is 5.92 Å². The quantitative estimate of drug-likeness (QED) is 0.225. The van der Waals surface area contributed by atoms with Crippen molar-refractivity contribution in [3.8, 4) is 17.2 Å². The van der Waals surface area contributed by atoms with E-state index in [0.29, 0.717) is 17.4 Å². The smallest absolute Gasteiger partial charge is 0.169 e. The number of aryl methyl sites for hydroxylation is 2. The molecule has 1 unspecified atom stereocenters. The Labute approximate surface area is 227 Å². The highest BCUT2D eigenvalue weighted by atomic mass is 32.1. The van der Waals surface area contributed by atoms with Crippen molar-refractivity contribution < 1.29 is 9.47 Å². The number of ether oxygens (including phenoxy) is 2. The van der Waals surface area contributed by atoms with Gasteiger partial charge in [-0.25, -0.2) is 9.97 Å². The van der Waals surface area contributed by atoms with Gasteiger partial charge in [-0.15, -0.1) is 11.3 Å². The van der Waals surface area contributed by atoms with E-state index >= 15 is 0 Å². The number of nitrogens with one attached hydrogen (secondary N) is 1. The second kappa shape index (κ2) is 15.9. The van der Waals surface area contributed by atoms with Crippen LogP contribution in [-0.4, -0.2) is 17.1 Å². The lowest BCUT2D eigenvalue weighted by Gasteiger charge is -2.14. The lowest BCUT2D eigenvalue weighted by molar-refractivity contribution is 0.379. The molecule has 0 saturated heterocycles. The molecule has 2 aromatic heterocycles. The Balaban J connectivity index is 0.00000115. The highest BCUT2D eigenvalue weighted by molar-refractivity contribution is 7.18. The van der Waals surface area contributed by atoms with Gasteiger partial charge in [0.15, 0.2) is 11.5 Å². The maximum absolute atomic E-state index is 6.00. The number of para-hydroxylation sites is 1. The molecule has 0 radical (unpaired) electrons. The van der Waals surface area contributed by atoms with Gasteiger partial charge in [0.2, 0.25) is 0 Å². The Bertz CT molecular complexity index is 1210. The minimum Gasteiger partial charge on any atom is -0.493 e. The molecule has 1 N–H and O–H groups in total. The van der Waals surface area contributed by atoms with Crippen molar-refractivity contribution in [3.63, 3.8) is 0 Å². The first-order valence-electron chi connectivity index (χ1n) is 13.6. The maximum Gasteiger partial charge on any atom is 0.169 e. The fraction of sp³-hybridized carbons (Fsp3) is 0.419. The van der Waals surface area contributed by atoms with Crippen LogP contribution in [-0.2, 0) is 12.8 Å². The van der Waals surface area contributed by atoms with Gasteiger partial charge in [-0.1, -0.05) is 73.1 Å². The molecule has 6 heteroatoms. The second-order valence-corrected chi connectivity index (χ2v) is 9.30. The number of nitrogens with zero attached hydrogens (tertiary/aromatic N) is 2. The average molecular weight is 522 g/mol. The molecule has 0 fully saturated rings. The molecule has 5 nitrogen and oxygen atoms in total. The molecular formula is C31H43N3O2S. The molecule has 0 spiro atoms. The zero-order valence-electron chi connectivity index (χ0n) is 23.7. The van der Waals surface area contributed by atoms with Crippen molar-refractivity contribution >= 4 is 33.1 Å². The highest BCUT2D eigenvalue weighted by Crippen LogP contribution is 2.38. The predicted octanol–water partition coefficient (Wildman–Crippen LogP) is 9.83. The fourth-order valence-corrected chi connectivity index (χ4v) is 4.98. The van der Waals surface area contributed by atoms with E-state index in [0.717, 1.165) is 40.3 Å². The van der Waals surface area contributed by atoms with Crippen LogP contribution in [0.4, 0.5) is 11.5 Å². The van der Waals surface area contributed by atoms with Crippen LogP contribution >= 0.6 is 11.3 Å². The van der Waals surface area contributed by atoms with E-state index in [1.165, 1.54) is 23.3 Å². The van der Waals surface area contributed by atoms with E-state index in [9.17, 15) is 0 Å². The summed E-state index contributed by atoms with van der Waals surface area (Å²) >= 11 is 1.78. The third kappa shape index (κ3) is 7.93. The van der Waals surface area contributed by atoms with Gasteiger partial charge in [-0.3, -0.25) is 0 Å². The molecule has 0 aliphatic carbocycles. The molecule has 0 aliphatic rings. The van der Waals surface area contributed by atoms with Crippen molar-refractivity contribution in [3.05, 3.63) is 65.3 Å². The summed E-state index contributed by atoms with van der Waals surface area (Å²) in [7, 11) is 1.65. The Hall–Kier alpha value is -3.12. The van der Waals surface area contributed by atoms with Crippen LogP contribution in [0.5, 0.6) is 17.2 Å². The molecule has 2 aromatic carbocycles. The van der Waals surface area contributed by atoms with Gasteiger partial charge in [0, 0.05) is 16.6 Å². The zero-order valence-corrected chi connectivity index (χ0v) is 24.5. The first-order chi connectivity index (χ1) is 18.1. The Morgan fingerprint density at radius 1 is 0.946 bits per heavy atom. The summed E-state index contributed by atoms with van der Waals surface area (Å²) < 4.78 is 11.6. The van der Waals surface area contributed by atoms with Gasteiger partial charge >= 0.3 is 0 Å². The Morgan fingerprint density at radius 2 is 1.68 bits per heavy atom. The van der Waals surface area contributed by atoms with E-state index in [1.54, 1.807) is 24.8 Å². The van der Waals surface area contributed by atoms with Crippen LogP contribution in [0.15, 0.2) is 54.9 Å². The number of hydrogen-bond donors (Lipinski definition) is 1. The summed E-state index contributed by atoms with van der Waals surface area (Å²) in [5, 5.41) is 4.66. The molecule has 0 saturated carbocycles. The van der Waals surface area contributed by atoms with Crippen molar-refractivity contribution in [1.82, 2.24) is 9.97 Å². The van der Waals surface area contributed by atoms with Gasteiger partial charge in [0.05, 0.1) is 12.5 Å². The summed E-state index contributed by atoms with van der Waals surface area (Å²) in [6.45, 7) is 14.8. The summed E-state index contributed by atoms with van der Waals surface area (Å²) in [6.07, 6.45) is 6.07. The van der Waals surface area contributed by atoms with Gasteiger partial charge in [0.25, 0.3) is 0 Å². The third-order valence-electron chi connectivity index (χ3n) is 5.97. The van der Waals surface area contributed by atoms with Crippen molar-refractivity contribution in [2.45, 2.75) is 74.1 Å². The Kier molecular flexibility index (Phi) is 12.9. The minimum absolute atomic E-state index is 0.658. The molecule has 0 aliphatic heterocycles. The molecular weight excluding hydrogens is 478 g/mol. The second-order valence-electron chi connectivity index (χ2n) is 8.22. The molecule has 0 amide bonds. The molecule has 1 atom stereocenters. The van der Waals surface area contributed by atoms with E-state index in [2.05, 4.69) is 36.1 Å². The van der Waals surface area contributed by atoms with Crippen LogP contribution in [0.3, 0.4) is 0 Å². The van der Waals surface area contributed by atoms with E-state index in [1.807, 2.05) is 76.2 Å². The lowest BCUT2D eigenvalue weighted by Crippen LogP contribution is -2.00. The highest BCUT2D eigenvalue weighted by Gasteiger charge is 2.18. The van der Waals surface area contributed by atoms with E-state index < -0.39 is 0 Å². The number of hydrogen-bond acceptors (Lipinski definition) is 6. The summed E-state index contributed by atoms with van der Waals surface area (Å²) in [4.78, 5) is 11.6. The topological polar surface area (TPSA) is 56.3 Å². The third-order valence-corrected chi connectivity index (χ3v) is 7.26. The van der Waals surface area contributed by atoms with Gasteiger partial charge in [-0.05, 0) is 55.0 Å². The average Bonchev–Trinajstić information content (AvgIpc) is 3.33. The van der Waals surface area contributed by atoms with Gasteiger partial charge in [0.1, 0.15) is 22.7 Å². The van der Waals surface area contributed by atoms with E-state index in [-0.39, 0.29) is 0 Å². The number of rotatable bonds is 10. The minimum atomic E-state index is 0.658. The van der Waals surface area contributed by atoms with Gasteiger partial charge in [-0.2, -0.15) is 0 Å². The normalized spacial score (nSPS) is 11.0. The first-order valence-corrected chi connectivity index (χ1v) is 14.4. The Morgan fingerprint density at radius 3 is 2.32 bits per heavy atom. The zero-order chi connectivity index (χ0) is 27.2. The molecule has 37 heavy (non-hydrogen) atoms. The number of fused-ring (bicyclic) bond motifs is 1. The number of anilines is 2. The molecule has 4 rings (SSSR count). The van der Waals surface area contributed by atoms with Crippen molar-refractivity contribution in [2.24, 2.45) is 5.92 Å². The van der Waals surface area contributed by atoms with Crippen LogP contribution in [0.25, 0.3) is 10.2 Å². The molecule has 200 valence electrons. The molecule has 2 heterocycles. The van der Waals surface area contributed by atoms with Crippen LogP contribution in [0.2, 0.25) is 0 Å². The maximum atomic E-state index is 6.00. The number of aromatic nitrogens is 2. The largest absolute Gasteiger partial charge is 0.493 e. The predicted molar refractivity (Wildman–Crippen MR) is 160 cm³/mol. The van der Waals surface area contributed by atoms with E-state index in [4.69, 9.17) is 9.47 Å². The van der Waals surface area contributed by atoms with Crippen LogP contribution in [0.1, 0.15) is 71.7 Å². The monoisotopic (exact) mass is 521 g/mol. The van der Waals surface area contributed by atoms with Crippen molar-refractivity contribution in [1.29, 1.82) is 0 Å². The molecule has 0 bridgehead atoms. The van der Waals surface area contributed by atoms with Gasteiger partial charge < -0.3 is 14.8 Å². The summed E-state index contributed by atoms with van der Waals surface area (Å²) in [5.41, 5.74) is 2.28. The SMILES string of the molecule is CC.CC.CCc1sc2ncnc(Nc3ccc(Oc4ccccc4)c(OC)c3)c2c1CCC(C)CC. The summed E-state index contributed by atoms with van der Waals surface area (Å²) in [5.74, 6) is 3.64. The van der Waals surface area contributed by atoms with Crippen molar-refractivity contribution in [2.75, 3.05) is 12.4 Å².